The minimum Gasteiger partial charge on any atom is -0.480 e. The summed E-state index contributed by atoms with van der Waals surface area (Å²) in [4.78, 5) is 15.3. The van der Waals surface area contributed by atoms with E-state index in [9.17, 15) is 4.79 Å². The summed E-state index contributed by atoms with van der Waals surface area (Å²) in [6.45, 7) is 5.88. The van der Waals surface area contributed by atoms with Crippen LogP contribution in [0.1, 0.15) is 39.1 Å². The van der Waals surface area contributed by atoms with Gasteiger partial charge in [0.05, 0.1) is 0 Å². The molecule has 0 fully saturated rings. The van der Waals surface area contributed by atoms with E-state index in [0.29, 0.717) is 0 Å². The molecule has 0 aliphatic rings. The minimum atomic E-state index is -0.791. The number of aromatic nitrogens is 2. The van der Waals surface area contributed by atoms with Gasteiger partial charge >= 0.3 is 5.97 Å². The highest BCUT2D eigenvalue weighted by atomic mass is 16.4. The standard InChI is InChI=1S/C11H18N2O2/c1-4-5-9-12-6-7-13(9)10(8(2)3)11(14)15/h6-8,10H,4-5H2,1-3H3,(H,14,15). The maximum absolute atomic E-state index is 11.1. The topological polar surface area (TPSA) is 55.1 Å². The largest absolute Gasteiger partial charge is 0.480 e. The highest BCUT2D eigenvalue weighted by Gasteiger charge is 2.24. The summed E-state index contributed by atoms with van der Waals surface area (Å²) in [6.07, 6.45) is 5.22. The fourth-order valence-corrected chi connectivity index (χ4v) is 1.74. The van der Waals surface area contributed by atoms with Gasteiger partial charge in [0.2, 0.25) is 0 Å². The fourth-order valence-electron chi connectivity index (χ4n) is 1.74. The smallest absolute Gasteiger partial charge is 0.326 e. The third-order valence-corrected chi connectivity index (χ3v) is 2.41. The molecule has 0 aliphatic heterocycles. The van der Waals surface area contributed by atoms with E-state index in [1.165, 1.54) is 0 Å². The predicted octanol–water partition coefficient (Wildman–Crippen LogP) is 2.12. The van der Waals surface area contributed by atoms with Gasteiger partial charge in [-0.2, -0.15) is 0 Å². The third kappa shape index (κ3) is 2.58. The van der Waals surface area contributed by atoms with E-state index in [1.54, 1.807) is 17.0 Å². The fraction of sp³-hybridized carbons (Fsp3) is 0.636. The van der Waals surface area contributed by atoms with Crippen molar-refractivity contribution in [1.29, 1.82) is 0 Å². The molecule has 84 valence electrons. The quantitative estimate of drug-likeness (QED) is 0.809. The molecule has 0 radical (unpaired) electrons. The highest BCUT2D eigenvalue weighted by molar-refractivity contribution is 5.72. The van der Waals surface area contributed by atoms with Crippen LogP contribution in [0.15, 0.2) is 12.4 Å². The lowest BCUT2D eigenvalue weighted by Gasteiger charge is -2.19. The molecule has 0 spiro atoms. The second-order valence-corrected chi connectivity index (χ2v) is 4.03. The average molecular weight is 210 g/mol. The molecular weight excluding hydrogens is 192 g/mol. The monoisotopic (exact) mass is 210 g/mol. The second kappa shape index (κ2) is 4.96. The Kier molecular flexibility index (Phi) is 3.88. The van der Waals surface area contributed by atoms with Crippen molar-refractivity contribution in [2.24, 2.45) is 5.92 Å². The number of hydrogen-bond acceptors (Lipinski definition) is 2. The Bertz CT molecular complexity index is 331. The van der Waals surface area contributed by atoms with Crippen molar-refractivity contribution in [2.75, 3.05) is 0 Å². The van der Waals surface area contributed by atoms with Crippen LogP contribution in [0.5, 0.6) is 0 Å². The Morgan fingerprint density at radius 1 is 1.60 bits per heavy atom. The van der Waals surface area contributed by atoms with Gasteiger partial charge in [0.15, 0.2) is 0 Å². The summed E-state index contributed by atoms with van der Waals surface area (Å²) in [7, 11) is 0. The zero-order valence-corrected chi connectivity index (χ0v) is 9.47. The molecule has 1 aromatic heterocycles. The van der Waals surface area contributed by atoms with Gasteiger partial charge in [0.1, 0.15) is 11.9 Å². The zero-order valence-electron chi connectivity index (χ0n) is 9.47. The number of carbonyl (C=O) groups is 1. The van der Waals surface area contributed by atoms with E-state index in [1.807, 2.05) is 13.8 Å². The minimum absolute atomic E-state index is 0.0623. The van der Waals surface area contributed by atoms with Crippen molar-refractivity contribution < 1.29 is 9.90 Å². The molecule has 0 aliphatic carbocycles. The lowest BCUT2D eigenvalue weighted by atomic mass is 10.0. The number of imidazole rings is 1. The summed E-state index contributed by atoms with van der Waals surface area (Å²) < 4.78 is 1.77. The van der Waals surface area contributed by atoms with Crippen LogP contribution in [0.4, 0.5) is 0 Å². The molecule has 4 nitrogen and oxygen atoms in total. The molecule has 15 heavy (non-hydrogen) atoms. The first-order valence-electron chi connectivity index (χ1n) is 5.32. The Morgan fingerprint density at radius 3 is 2.73 bits per heavy atom. The highest BCUT2D eigenvalue weighted by Crippen LogP contribution is 2.20. The Balaban J connectivity index is 3.00. The maximum Gasteiger partial charge on any atom is 0.326 e. The summed E-state index contributed by atoms with van der Waals surface area (Å²) in [5, 5.41) is 9.16. The van der Waals surface area contributed by atoms with Crippen LogP contribution in [0.3, 0.4) is 0 Å². The van der Waals surface area contributed by atoms with Crippen LogP contribution >= 0.6 is 0 Å². The number of carboxylic acid groups (broad SMARTS) is 1. The van der Waals surface area contributed by atoms with Crippen LogP contribution in [0, 0.1) is 5.92 Å². The van der Waals surface area contributed by atoms with Crippen LogP contribution in [0.25, 0.3) is 0 Å². The predicted molar refractivity (Wildman–Crippen MR) is 57.7 cm³/mol. The van der Waals surface area contributed by atoms with Crippen LogP contribution in [-0.2, 0) is 11.2 Å². The third-order valence-electron chi connectivity index (χ3n) is 2.41. The number of carboxylic acids is 1. The average Bonchev–Trinajstić information content (AvgIpc) is 2.53. The molecule has 1 atom stereocenters. The summed E-state index contributed by atoms with van der Waals surface area (Å²) in [5.74, 6) is 0.131. The van der Waals surface area contributed by atoms with E-state index in [-0.39, 0.29) is 5.92 Å². The van der Waals surface area contributed by atoms with E-state index < -0.39 is 12.0 Å². The van der Waals surface area contributed by atoms with Crippen molar-refractivity contribution in [3.05, 3.63) is 18.2 Å². The summed E-state index contributed by atoms with van der Waals surface area (Å²) >= 11 is 0. The van der Waals surface area contributed by atoms with Crippen LogP contribution in [-0.4, -0.2) is 20.6 Å². The summed E-state index contributed by atoms with van der Waals surface area (Å²) in [5.41, 5.74) is 0. The van der Waals surface area contributed by atoms with Crippen molar-refractivity contribution in [2.45, 2.75) is 39.7 Å². The van der Waals surface area contributed by atoms with Gasteiger partial charge in [-0.3, -0.25) is 0 Å². The van der Waals surface area contributed by atoms with Crippen molar-refractivity contribution in [1.82, 2.24) is 9.55 Å². The van der Waals surface area contributed by atoms with Gasteiger partial charge < -0.3 is 9.67 Å². The number of aryl methyl sites for hydroxylation is 1. The molecule has 1 unspecified atom stereocenters. The first kappa shape index (κ1) is 11.8. The first-order chi connectivity index (χ1) is 7.07. The molecule has 4 heteroatoms. The molecule has 0 aromatic carbocycles. The van der Waals surface area contributed by atoms with Gasteiger partial charge in [-0.25, -0.2) is 9.78 Å². The van der Waals surface area contributed by atoms with Gasteiger partial charge in [0, 0.05) is 18.8 Å². The number of nitrogens with zero attached hydrogens (tertiary/aromatic N) is 2. The molecule has 0 bridgehead atoms. The molecular formula is C11H18N2O2. The van der Waals surface area contributed by atoms with Crippen LogP contribution in [0.2, 0.25) is 0 Å². The molecule has 0 amide bonds. The lowest BCUT2D eigenvalue weighted by molar-refractivity contribution is -0.142. The lowest BCUT2D eigenvalue weighted by Crippen LogP contribution is -2.25. The Labute approximate surface area is 89.9 Å². The Morgan fingerprint density at radius 2 is 2.27 bits per heavy atom. The van der Waals surface area contributed by atoms with Gasteiger partial charge in [0.25, 0.3) is 0 Å². The molecule has 1 heterocycles. The Hall–Kier alpha value is -1.32. The van der Waals surface area contributed by atoms with Crippen molar-refractivity contribution in [3.8, 4) is 0 Å². The number of aliphatic carboxylic acids is 1. The SMILES string of the molecule is CCCc1nccn1C(C(=O)O)C(C)C. The second-order valence-electron chi connectivity index (χ2n) is 4.03. The normalized spacial score (nSPS) is 13.1. The molecule has 1 rings (SSSR count). The maximum atomic E-state index is 11.1. The van der Waals surface area contributed by atoms with Crippen molar-refractivity contribution in [3.63, 3.8) is 0 Å². The molecule has 1 N–H and O–H groups in total. The molecule has 0 saturated heterocycles. The van der Waals surface area contributed by atoms with Crippen molar-refractivity contribution >= 4 is 5.97 Å². The molecule has 1 aromatic rings. The molecule has 0 saturated carbocycles. The zero-order chi connectivity index (χ0) is 11.4. The van der Waals surface area contributed by atoms with E-state index in [2.05, 4.69) is 11.9 Å². The van der Waals surface area contributed by atoms with E-state index in [0.717, 1.165) is 18.7 Å². The van der Waals surface area contributed by atoms with Gasteiger partial charge in [-0.05, 0) is 12.3 Å². The van der Waals surface area contributed by atoms with E-state index in [4.69, 9.17) is 5.11 Å². The van der Waals surface area contributed by atoms with Gasteiger partial charge in [-0.15, -0.1) is 0 Å². The van der Waals surface area contributed by atoms with Gasteiger partial charge in [-0.1, -0.05) is 20.8 Å². The van der Waals surface area contributed by atoms with E-state index >= 15 is 0 Å². The number of hydrogen-bond donors (Lipinski definition) is 1. The number of rotatable bonds is 5. The van der Waals surface area contributed by atoms with Crippen LogP contribution < -0.4 is 0 Å². The first-order valence-corrected chi connectivity index (χ1v) is 5.32. The summed E-state index contributed by atoms with van der Waals surface area (Å²) in [6, 6.07) is -0.506.